The molecule has 35 heavy (non-hydrogen) atoms. The zero-order valence-corrected chi connectivity index (χ0v) is 22.3. The van der Waals surface area contributed by atoms with E-state index >= 15 is 0 Å². The van der Waals surface area contributed by atoms with Crippen LogP contribution < -0.4 is 4.57 Å². The number of phosphoric ester groups is 1. The van der Waals surface area contributed by atoms with Gasteiger partial charge in [-0.05, 0) is 32.9 Å². The molecule has 0 aliphatic heterocycles. The third-order valence-electron chi connectivity index (χ3n) is 5.27. The molecule has 0 bridgehead atoms. The first-order valence-electron chi connectivity index (χ1n) is 11.7. The maximum atomic E-state index is 13.0. The Morgan fingerprint density at radius 1 is 1.00 bits per heavy atom. The van der Waals surface area contributed by atoms with Crippen molar-refractivity contribution in [3.05, 3.63) is 87.4 Å². The van der Waals surface area contributed by atoms with Crippen molar-refractivity contribution in [1.82, 2.24) is 0 Å². The molecule has 188 valence electrons. The van der Waals surface area contributed by atoms with Gasteiger partial charge in [0.05, 0.1) is 30.3 Å². The lowest BCUT2D eigenvalue weighted by molar-refractivity contribution is -0.699. The summed E-state index contributed by atoms with van der Waals surface area (Å²) in [5, 5.41) is 0.885. The summed E-state index contributed by atoms with van der Waals surface area (Å²) >= 11 is 1.55. The van der Waals surface area contributed by atoms with Crippen LogP contribution in [0.15, 0.2) is 60.7 Å². The molecule has 9 heteroatoms. The largest absolute Gasteiger partial charge is 0.475 e. The molecule has 3 aromatic rings. The van der Waals surface area contributed by atoms with E-state index in [0.29, 0.717) is 18.5 Å². The number of esters is 1. The van der Waals surface area contributed by atoms with Crippen LogP contribution in [-0.2, 0) is 35.8 Å². The van der Waals surface area contributed by atoms with E-state index in [0.717, 1.165) is 21.1 Å². The first-order chi connectivity index (χ1) is 16.9. The Bertz CT molecular complexity index is 1130. The number of benzene rings is 2. The van der Waals surface area contributed by atoms with Gasteiger partial charge in [0.1, 0.15) is 0 Å². The molecule has 0 amide bonds. The highest BCUT2D eigenvalue weighted by Gasteiger charge is 2.35. The quantitative estimate of drug-likeness (QED) is 0.156. The van der Waals surface area contributed by atoms with Crippen LogP contribution in [0.5, 0.6) is 0 Å². The summed E-state index contributed by atoms with van der Waals surface area (Å²) < 4.78 is 37.2. The Labute approximate surface area is 211 Å². The van der Waals surface area contributed by atoms with Crippen LogP contribution in [0.3, 0.4) is 0 Å². The fourth-order valence-corrected chi connectivity index (χ4v) is 6.22. The second kappa shape index (κ2) is 13.1. The van der Waals surface area contributed by atoms with Crippen molar-refractivity contribution in [3.8, 4) is 0 Å². The van der Waals surface area contributed by atoms with Crippen LogP contribution in [-0.4, -0.2) is 25.8 Å². The van der Waals surface area contributed by atoms with E-state index in [4.69, 9.17) is 18.3 Å². The van der Waals surface area contributed by atoms with Gasteiger partial charge in [-0.25, -0.2) is 9.36 Å². The smallest absolute Gasteiger partial charge is 0.462 e. The van der Waals surface area contributed by atoms with Gasteiger partial charge in [-0.1, -0.05) is 59.9 Å². The SMILES string of the molecule is CCOP(=O)(OCC)OC(C)c1sc(CCOC(=O)c2ccccc2)c(C)[n+]1Cc1ccccc1. The molecule has 3 rings (SSSR count). The van der Waals surface area contributed by atoms with Crippen LogP contribution in [0.1, 0.15) is 58.4 Å². The number of hydrogen-bond acceptors (Lipinski definition) is 7. The summed E-state index contributed by atoms with van der Waals surface area (Å²) in [6, 6.07) is 19.0. The predicted octanol–water partition coefficient (Wildman–Crippen LogP) is 6.05. The molecule has 0 saturated carbocycles. The lowest BCUT2D eigenvalue weighted by atomic mass is 10.2. The molecular formula is C26H33NO6PS+. The fourth-order valence-electron chi connectivity index (χ4n) is 3.61. The molecule has 7 nitrogen and oxygen atoms in total. The van der Waals surface area contributed by atoms with Gasteiger partial charge in [0.2, 0.25) is 0 Å². The standard InChI is InChI=1S/C26H33NO6PS/c1-5-31-34(29,32-6-2)33-21(4)25-27(19-22-13-9-7-10-14-22)20(3)24(35-25)17-18-30-26(28)23-15-11-8-12-16-23/h7-16,21H,5-6,17-19H2,1-4H3/q+1. The molecule has 0 aliphatic carbocycles. The predicted molar refractivity (Wildman–Crippen MR) is 136 cm³/mol. The Kier molecular flexibility index (Phi) is 10.2. The number of carbonyl (C=O) groups is 1. The van der Waals surface area contributed by atoms with Gasteiger partial charge in [0.25, 0.3) is 5.01 Å². The molecule has 0 aliphatic rings. The summed E-state index contributed by atoms with van der Waals surface area (Å²) in [5.41, 5.74) is 2.70. The summed E-state index contributed by atoms with van der Waals surface area (Å²) in [7, 11) is -3.69. The number of rotatable bonds is 13. The Balaban J connectivity index is 1.82. The maximum absolute atomic E-state index is 13.0. The van der Waals surface area contributed by atoms with Gasteiger partial charge >= 0.3 is 13.8 Å². The molecule has 1 unspecified atom stereocenters. The zero-order chi connectivity index (χ0) is 25.3. The van der Waals surface area contributed by atoms with Crippen molar-refractivity contribution in [2.75, 3.05) is 19.8 Å². The van der Waals surface area contributed by atoms with Crippen LogP contribution in [0.4, 0.5) is 0 Å². The number of thiazole rings is 1. The average molecular weight is 519 g/mol. The van der Waals surface area contributed by atoms with Gasteiger partial charge in [-0.3, -0.25) is 13.6 Å². The molecule has 1 aromatic heterocycles. The molecule has 2 aromatic carbocycles. The van der Waals surface area contributed by atoms with E-state index in [1.165, 1.54) is 0 Å². The summed E-state index contributed by atoms with van der Waals surface area (Å²) in [6.45, 7) is 8.70. The number of phosphoric acid groups is 1. The number of ether oxygens (including phenoxy) is 1. The van der Waals surface area contributed by atoms with E-state index in [9.17, 15) is 9.36 Å². The molecule has 1 heterocycles. The average Bonchev–Trinajstić information content (AvgIpc) is 3.15. The van der Waals surface area contributed by atoms with Crippen LogP contribution >= 0.6 is 19.2 Å². The highest BCUT2D eigenvalue weighted by Crippen LogP contribution is 2.53. The van der Waals surface area contributed by atoms with E-state index in [1.807, 2.05) is 50.2 Å². The monoisotopic (exact) mass is 518 g/mol. The second-order valence-electron chi connectivity index (χ2n) is 7.80. The van der Waals surface area contributed by atoms with Crippen molar-refractivity contribution in [3.63, 3.8) is 0 Å². The lowest BCUT2D eigenvalue weighted by Gasteiger charge is -2.19. The topological polar surface area (TPSA) is 74.9 Å². The minimum absolute atomic E-state index is 0.218. The normalized spacial score (nSPS) is 12.5. The van der Waals surface area contributed by atoms with Crippen LogP contribution in [0, 0.1) is 6.92 Å². The van der Waals surface area contributed by atoms with E-state index in [2.05, 4.69) is 16.7 Å². The number of aromatic nitrogens is 1. The molecule has 0 radical (unpaired) electrons. The Morgan fingerprint density at radius 3 is 2.20 bits per heavy atom. The summed E-state index contributed by atoms with van der Waals surface area (Å²) in [5.74, 6) is -0.344. The molecular weight excluding hydrogens is 485 g/mol. The second-order valence-corrected chi connectivity index (χ2v) is 10.5. The third-order valence-corrected chi connectivity index (χ3v) is 8.50. The lowest BCUT2D eigenvalue weighted by Crippen LogP contribution is -2.40. The third kappa shape index (κ3) is 7.56. The zero-order valence-electron chi connectivity index (χ0n) is 20.6. The van der Waals surface area contributed by atoms with Gasteiger partial charge < -0.3 is 4.74 Å². The molecule has 0 saturated heterocycles. The molecule has 0 N–H and O–H groups in total. The summed E-state index contributed by atoms with van der Waals surface area (Å²) in [6.07, 6.45) is 0.0255. The Hall–Kier alpha value is -2.35. The molecule has 0 fully saturated rings. The molecule has 1 atom stereocenters. The minimum atomic E-state index is -3.69. The van der Waals surface area contributed by atoms with Crippen LogP contribution in [0.2, 0.25) is 0 Å². The van der Waals surface area contributed by atoms with Gasteiger partial charge in [0, 0.05) is 18.9 Å². The van der Waals surface area contributed by atoms with Gasteiger partial charge in [-0.15, -0.1) is 0 Å². The van der Waals surface area contributed by atoms with Crippen molar-refractivity contribution < 1.29 is 32.2 Å². The molecule has 0 spiro atoms. The van der Waals surface area contributed by atoms with Crippen molar-refractivity contribution in [2.24, 2.45) is 0 Å². The minimum Gasteiger partial charge on any atom is -0.462 e. The van der Waals surface area contributed by atoms with Crippen molar-refractivity contribution in [2.45, 2.75) is 46.8 Å². The number of hydrogen-bond donors (Lipinski definition) is 0. The van der Waals surface area contributed by atoms with E-state index in [-0.39, 0.29) is 25.8 Å². The number of carbonyl (C=O) groups excluding carboxylic acids is 1. The highest BCUT2D eigenvalue weighted by atomic mass is 32.1. The van der Waals surface area contributed by atoms with Crippen LogP contribution in [0.25, 0.3) is 0 Å². The van der Waals surface area contributed by atoms with Crippen molar-refractivity contribution >= 4 is 25.1 Å². The highest BCUT2D eigenvalue weighted by molar-refractivity contribution is 7.48. The summed E-state index contributed by atoms with van der Waals surface area (Å²) in [4.78, 5) is 13.4. The van der Waals surface area contributed by atoms with Gasteiger partial charge in [0.15, 0.2) is 18.3 Å². The number of nitrogens with zero attached hydrogens (tertiary/aromatic N) is 1. The Morgan fingerprint density at radius 2 is 1.60 bits per heavy atom. The fraction of sp³-hybridized carbons (Fsp3) is 0.385. The first-order valence-corrected chi connectivity index (χ1v) is 14.0. The first kappa shape index (κ1) is 27.2. The van der Waals surface area contributed by atoms with Crippen molar-refractivity contribution in [1.29, 1.82) is 0 Å². The van der Waals surface area contributed by atoms with E-state index in [1.54, 1.807) is 37.3 Å². The maximum Gasteiger partial charge on any atom is 0.475 e. The van der Waals surface area contributed by atoms with E-state index < -0.39 is 13.9 Å². The van der Waals surface area contributed by atoms with Gasteiger partial charge in [-0.2, -0.15) is 4.57 Å².